The molecule has 0 unspecified atom stereocenters. The lowest BCUT2D eigenvalue weighted by molar-refractivity contribution is 0.615. The van der Waals surface area contributed by atoms with Gasteiger partial charge in [0.1, 0.15) is 5.82 Å². The van der Waals surface area contributed by atoms with E-state index < -0.39 is 0 Å². The van der Waals surface area contributed by atoms with E-state index in [9.17, 15) is 0 Å². The van der Waals surface area contributed by atoms with Gasteiger partial charge >= 0.3 is 0 Å². The summed E-state index contributed by atoms with van der Waals surface area (Å²) in [5.41, 5.74) is 1.22. The van der Waals surface area contributed by atoms with Gasteiger partial charge in [-0.3, -0.25) is 0 Å². The molecule has 1 N–H and O–H groups in total. The Hall–Kier alpha value is -1.62. The van der Waals surface area contributed by atoms with Gasteiger partial charge in [0, 0.05) is 38.2 Å². The fraction of sp³-hybridized carbons (Fsp3) is 0.500. The number of hydrogen-bond donors (Lipinski definition) is 1. The fourth-order valence-corrected chi connectivity index (χ4v) is 1.88. The molecule has 2 aromatic heterocycles. The quantitative estimate of drug-likeness (QED) is 0.832. The van der Waals surface area contributed by atoms with Crippen molar-refractivity contribution in [2.45, 2.75) is 32.0 Å². The van der Waals surface area contributed by atoms with Crippen LogP contribution in [0.25, 0.3) is 0 Å². The molecule has 2 heterocycles. The van der Waals surface area contributed by atoms with Gasteiger partial charge in [-0.2, -0.15) is 0 Å². The summed E-state index contributed by atoms with van der Waals surface area (Å²) in [6, 6.07) is 0.728. The topological polar surface area (TPSA) is 47.7 Å². The molecular weight excluding hydrogens is 214 g/mol. The van der Waals surface area contributed by atoms with Crippen LogP contribution in [0.2, 0.25) is 0 Å². The number of nitrogens with one attached hydrogen (secondary N) is 1. The molecule has 0 saturated heterocycles. The smallest absolute Gasteiger partial charge is 0.128 e. The van der Waals surface area contributed by atoms with Crippen LogP contribution in [-0.2, 0) is 20.1 Å². The van der Waals surface area contributed by atoms with Crippen LogP contribution < -0.4 is 5.32 Å². The molecule has 1 fully saturated rings. The molecule has 5 heteroatoms. The summed E-state index contributed by atoms with van der Waals surface area (Å²) in [5, 5.41) is 3.51. The Balaban J connectivity index is 1.69. The molecule has 90 valence electrons. The summed E-state index contributed by atoms with van der Waals surface area (Å²) in [5.74, 6) is 1.05. The van der Waals surface area contributed by atoms with Crippen LogP contribution in [0.1, 0.15) is 24.4 Å². The molecule has 0 bridgehead atoms. The zero-order valence-electron chi connectivity index (χ0n) is 10.0. The van der Waals surface area contributed by atoms with Crippen molar-refractivity contribution < 1.29 is 0 Å². The summed E-state index contributed by atoms with van der Waals surface area (Å²) in [6.07, 6.45) is 10.2. The van der Waals surface area contributed by atoms with E-state index in [0.29, 0.717) is 0 Å². The predicted molar refractivity (Wildman–Crippen MR) is 64.4 cm³/mol. The van der Waals surface area contributed by atoms with Crippen LogP contribution in [0.4, 0.5) is 0 Å². The van der Waals surface area contributed by atoms with E-state index in [2.05, 4.69) is 19.9 Å². The first-order valence-electron chi connectivity index (χ1n) is 6.01. The third-order valence-corrected chi connectivity index (χ3v) is 3.18. The highest BCUT2D eigenvalue weighted by atomic mass is 15.1. The molecule has 0 amide bonds. The molecule has 1 saturated carbocycles. The summed E-state index contributed by atoms with van der Waals surface area (Å²) in [6.45, 7) is 1.68. The highest BCUT2D eigenvalue weighted by molar-refractivity contribution is 5.03. The van der Waals surface area contributed by atoms with E-state index >= 15 is 0 Å². The maximum absolute atomic E-state index is 4.33. The van der Waals surface area contributed by atoms with Gasteiger partial charge in [-0.1, -0.05) is 0 Å². The van der Waals surface area contributed by atoms with E-state index in [0.717, 1.165) is 25.0 Å². The molecule has 0 radical (unpaired) electrons. The molecule has 0 atom stereocenters. The second-order valence-electron chi connectivity index (χ2n) is 4.62. The lowest BCUT2D eigenvalue weighted by Crippen LogP contribution is -2.18. The van der Waals surface area contributed by atoms with Crippen molar-refractivity contribution >= 4 is 0 Å². The lowest BCUT2D eigenvalue weighted by Gasteiger charge is -2.08. The van der Waals surface area contributed by atoms with E-state index in [-0.39, 0.29) is 0 Å². The first kappa shape index (κ1) is 10.5. The standard InChI is InChI=1S/C12H17N5/c1-16-5-4-14-12(16)8-17-9-13-6-11(17)7-15-10-2-3-10/h4-6,9-10,15H,2-3,7-8H2,1H3. The van der Waals surface area contributed by atoms with Crippen molar-refractivity contribution in [3.05, 3.63) is 36.4 Å². The fourth-order valence-electron chi connectivity index (χ4n) is 1.88. The van der Waals surface area contributed by atoms with Gasteiger partial charge in [0.15, 0.2) is 0 Å². The van der Waals surface area contributed by atoms with Gasteiger partial charge < -0.3 is 14.5 Å². The Labute approximate surface area is 100 Å². The van der Waals surface area contributed by atoms with E-state index in [4.69, 9.17) is 0 Å². The Morgan fingerprint density at radius 3 is 3.06 bits per heavy atom. The second kappa shape index (κ2) is 4.33. The van der Waals surface area contributed by atoms with Crippen LogP contribution in [-0.4, -0.2) is 25.1 Å². The van der Waals surface area contributed by atoms with Gasteiger partial charge in [-0.15, -0.1) is 0 Å². The number of aromatic nitrogens is 4. The van der Waals surface area contributed by atoms with Crippen molar-refractivity contribution in [2.24, 2.45) is 7.05 Å². The highest BCUT2D eigenvalue weighted by Crippen LogP contribution is 2.19. The molecule has 2 aromatic rings. The minimum absolute atomic E-state index is 0.728. The SMILES string of the molecule is Cn1ccnc1Cn1cncc1CNC1CC1. The third-order valence-electron chi connectivity index (χ3n) is 3.18. The van der Waals surface area contributed by atoms with Crippen LogP contribution in [0.15, 0.2) is 24.9 Å². The van der Waals surface area contributed by atoms with Crippen molar-refractivity contribution in [1.82, 2.24) is 24.4 Å². The summed E-state index contributed by atoms with van der Waals surface area (Å²) in [4.78, 5) is 8.55. The Bertz CT molecular complexity index is 494. The second-order valence-corrected chi connectivity index (χ2v) is 4.62. The normalized spacial score (nSPS) is 15.4. The molecule has 0 aromatic carbocycles. The van der Waals surface area contributed by atoms with Crippen molar-refractivity contribution in [1.29, 1.82) is 0 Å². The van der Waals surface area contributed by atoms with Gasteiger partial charge in [0.25, 0.3) is 0 Å². The Morgan fingerprint density at radius 1 is 1.47 bits per heavy atom. The zero-order valence-corrected chi connectivity index (χ0v) is 10.0. The maximum Gasteiger partial charge on any atom is 0.128 e. The minimum atomic E-state index is 0.728. The molecule has 3 rings (SSSR count). The summed E-state index contributed by atoms with van der Waals surface area (Å²) >= 11 is 0. The summed E-state index contributed by atoms with van der Waals surface area (Å²) < 4.78 is 4.19. The predicted octanol–water partition coefficient (Wildman–Crippen LogP) is 0.917. The Kier molecular flexibility index (Phi) is 2.68. The largest absolute Gasteiger partial charge is 0.337 e. The van der Waals surface area contributed by atoms with E-state index in [1.54, 1.807) is 0 Å². The number of aryl methyl sites for hydroxylation is 1. The van der Waals surface area contributed by atoms with Crippen LogP contribution in [0.3, 0.4) is 0 Å². The Morgan fingerprint density at radius 2 is 2.35 bits per heavy atom. The van der Waals surface area contributed by atoms with Crippen LogP contribution in [0.5, 0.6) is 0 Å². The lowest BCUT2D eigenvalue weighted by atomic mass is 10.4. The van der Waals surface area contributed by atoms with Gasteiger partial charge in [-0.05, 0) is 12.8 Å². The van der Waals surface area contributed by atoms with Gasteiger partial charge in [0.2, 0.25) is 0 Å². The number of hydrogen-bond acceptors (Lipinski definition) is 3. The molecule has 0 spiro atoms. The first-order chi connectivity index (χ1) is 8.33. The van der Waals surface area contributed by atoms with Crippen molar-refractivity contribution in [3.63, 3.8) is 0 Å². The molecular formula is C12H17N5. The van der Waals surface area contributed by atoms with Gasteiger partial charge in [-0.25, -0.2) is 9.97 Å². The molecule has 1 aliphatic carbocycles. The maximum atomic E-state index is 4.33. The third kappa shape index (κ3) is 2.39. The van der Waals surface area contributed by atoms with Crippen LogP contribution >= 0.6 is 0 Å². The molecule has 17 heavy (non-hydrogen) atoms. The van der Waals surface area contributed by atoms with Crippen molar-refractivity contribution in [3.8, 4) is 0 Å². The highest BCUT2D eigenvalue weighted by Gasteiger charge is 2.20. The average Bonchev–Trinajstić information content (AvgIpc) is 2.92. The summed E-state index contributed by atoms with van der Waals surface area (Å²) in [7, 11) is 2.02. The van der Waals surface area contributed by atoms with Crippen molar-refractivity contribution in [2.75, 3.05) is 0 Å². The number of imidazole rings is 2. The van der Waals surface area contributed by atoms with Crippen LogP contribution in [0, 0.1) is 0 Å². The number of rotatable bonds is 5. The minimum Gasteiger partial charge on any atom is -0.337 e. The zero-order chi connectivity index (χ0) is 11.7. The molecule has 5 nitrogen and oxygen atoms in total. The molecule has 0 aliphatic heterocycles. The number of nitrogens with zero attached hydrogens (tertiary/aromatic N) is 4. The first-order valence-corrected chi connectivity index (χ1v) is 6.01. The van der Waals surface area contributed by atoms with E-state index in [1.807, 2.05) is 36.5 Å². The monoisotopic (exact) mass is 231 g/mol. The van der Waals surface area contributed by atoms with Gasteiger partial charge in [0.05, 0.1) is 18.6 Å². The molecule has 1 aliphatic rings. The average molecular weight is 231 g/mol. The van der Waals surface area contributed by atoms with E-state index in [1.165, 1.54) is 18.5 Å².